The maximum absolute atomic E-state index is 13.9. The van der Waals surface area contributed by atoms with Crippen LogP contribution in [0.2, 0.25) is 5.15 Å². The van der Waals surface area contributed by atoms with Gasteiger partial charge in [0.15, 0.2) is 5.65 Å². The van der Waals surface area contributed by atoms with Gasteiger partial charge >= 0.3 is 11.8 Å². The van der Waals surface area contributed by atoms with Crippen molar-refractivity contribution in [2.45, 2.75) is 72.4 Å². The van der Waals surface area contributed by atoms with Gasteiger partial charge in [0.1, 0.15) is 27.7 Å². The van der Waals surface area contributed by atoms with Crippen LogP contribution in [0.5, 0.6) is 5.75 Å². The lowest BCUT2D eigenvalue weighted by molar-refractivity contribution is 0.0218. The van der Waals surface area contributed by atoms with Gasteiger partial charge in [0, 0.05) is 43.9 Å². The van der Waals surface area contributed by atoms with E-state index >= 15 is 0 Å². The number of aryl methyl sites for hydroxylation is 1. The van der Waals surface area contributed by atoms with E-state index in [0.717, 1.165) is 16.8 Å². The molecule has 208 valence electrons. The van der Waals surface area contributed by atoms with Crippen LogP contribution in [0, 0.1) is 6.92 Å². The Balaban J connectivity index is 1.68. The minimum absolute atomic E-state index is 0.0589. The first-order chi connectivity index (χ1) is 18.4. The van der Waals surface area contributed by atoms with Crippen LogP contribution in [-0.2, 0) is 11.2 Å². The van der Waals surface area contributed by atoms with Crippen LogP contribution in [0.4, 0.5) is 10.6 Å². The van der Waals surface area contributed by atoms with Gasteiger partial charge in [-0.3, -0.25) is 4.98 Å². The third kappa shape index (κ3) is 4.90. The van der Waals surface area contributed by atoms with Crippen molar-refractivity contribution < 1.29 is 14.3 Å². The predicted molar refractivity (Wildman–Crippen MR) is 151 cm³/mol. The van der Waals surface area contributed by atoms with Crippen molar-refractivity contribution in [3.63, 3.8) is 0 Å². The summed E-state index contributed by atoms with van der Waals surface area (Å²) in [5.74, 6) is 1.15. The summed E-state index contributed by atoms with van der Waals surface area (Å²) in [7, 11) is 0. The number of carbonyl (C=O) groups excluding carboxylic acids is 1. The molecule has 1 fully saturated rings. The van der Waals surface area contributed by atoms with Gasteiger partial charge in [0.25, 0.3) is 0 Å². The van der Waals surface area contributed by atoms with Gasteiger partial charge < -0.3 is 19.3 Å². The maximum Gasteiger partial charge on any atom is 0.410 e. The molecule has 11 heteroatoms. The van der Waals surface area contributed by atoms with Gasteiger partial charge in [-0.05, 0) is 52.2 Å². The highest BCUT2D eigenvalue weighted by Crippen LogP contribution is 2.42. The Kier molecular flexibility index (Phi) is 6.95. The van der Waals surface area contributed by atoms with Gasteiger partial charge in [-0.2, -0.15) is 4.98 Å². The summed E-state index contributed by atoms with van der Waals surface area (Å²) < 4.78 is 13.2. The Bertz CT molecular complexity index is 1510. The average molecular weight is 555 g/mol. The molecule has 0 spiro atoms. The molecule has 3 aromatic rings. The average Bonchev–Trinajstić information content (AvgIpc) is 3.34. The van der Waals surface area contributed by atoms with E-state index in [4.69, 9.17) is 26.1 Å². The third-order valence-electron chi connectivity index (χ3n) is 7.08. The molecule has 5 rings (SSSR count). The second-order valence-corrected chi connectivity index (χ2v) is 11.9. The standard InChI is InChI=1S/C28H35ClN6O4/c1-15(2)20-21(16(3)8-10-30-20)35-25-19(22-18(9-13-38-22)23(29)31-25)24(32-26(35)36)34-12-11-33(14-17(34)4)27(37)39-28(5,6)7/h8,10,15,17H,9,11-14H2,1-7H3/t17-/m0/s1. The minimum Gasteiger partial charge on any atom is -0.492 e. The largest absolute Gasteiger partial charge is 0.492 e. The summed E-state index contributed by atoms with van der Waals surface area (Å²) in [5.41, 5.74) is 2.45. The van der Waals surface area contributed by atoms with E-state index < -0.39 is 11.3 Å². The molecule has 1 saturated heterocycles. The number of nitrogens with zero attached hydrogens (tertiary/aromatic N) is 6. The number of rotatable bonds is 3. The molecule has 0 unspecified atom stereocenters. The van der Waals surface area contributed by atoms with Crippen LogP contribution in [0.15, 0.2) is 17.1 Å². The van der Waals surface area contributed by atoms with E-state index in [1.165, 1.54) is 4.57 Å². The van der Waals surface area contributed by atoms with Crippen LogP contribution >= 0.6 is 11.6 Å². The molecule has 1 amide bonds. The molecule has 0 N–H and O–H groups in total. The van der Waals surface area contributed by atoms with Crippen molar-refractivity contribution in [3.05, 3.63) is 44.7 Å². The fourth-order valence-corrected chi connectivity index (χ4v) is 5.56. The lowest BCUT2D eigenvalue weighted by atomic mass is 10.0. The maximum atomic E-state index is 13.9. The molecule has 0 aromatic carbocycles. The first-order valence-electron chi connectivity index (χ1n) is 13.4. The molecule has 3 aromatic heterocycles. The van der Waals surface area contributed by atoms with Crippen molar-refractivity contribution in [1.82, 2.24) is 24.4 Å². The van der Waals surface area contributed by atoms with Crippen LogP contribution in [-0.4, -0.2) is 68.4 Å². The molecule has 1 atom stereocenters. The van der Waals surface area contributed by atoms with E-state index in [2.05, 4.69) is 9.97 Å². The number of aromatic nitrogens is 4. The molecule has 0 bridgehead atoms. The molecular formula is C28H35ClN6O4. The molecule has 0 radical (unpaired) electrons. The van der Waals surface area contributed by atoms with Gasteiger partial charge in [-0.15, -0.1) is 0 Å². The number of ether oxygens (including phenoxy) is 2. The summed E-state index contributed by atoms with van der Waals surface area (Å²) in [6.07, 6.45) is 2.02. The summed E-state index contributed by atoms with van der Waals surface area (Å²) >= 11 is 6.66. The molecular weight excluding hydrogens is 520 g/mol. The zero-order chi connectivity index (χ0) is 28.2. The highest BCUT2D eigenvalue weighted by atomic mass is 35.5. The number of amides is 1. The summed E-state index contributed by atoms with van der Waals surface area (Å²) in [5, 5.41) is 0.956. The summed E-state index contributed by atoms with van der Waals surface area (Å²) in [6, 6.07) is 1.73. The fraction of sp³-hybridized carbons (Fsp3) is 0.536. The van der Waals surface area contributed by atoms with Crippen LogP contribution < -0.4 is 15.3 Å². The molecule has 0 aliphatic carbocycles. The Morgan fingerprint density at radius 3 is 2.64 bits per heavy atom. The molecule has 5 heterocycles. The lowest BCUT2D eigenvalue weighted by Crippen LogP contribution is -2.55. The number of anilines is 1. The smallest absolute Gasteiger partial charge is 0.410 e. The highest BCUT2D eigenvalue weighted by Gasteiger charge is 2.35. The minimum atomic E-state index is -0.582. The number of halogens is 1. The zero-order valence-corrected chi connectivity index (χ0v) is 24.3. The van der Waals surface area contributed by atoms with Crippen molar-refractivity contribution in [2.24, 2.45) is 0 Å². The highest BCUT2D eigenvalue weighted by molar-refractivity contribution is 6.31. The van der Waals surface area contributed by atoms with E-state index in [1.807, 2.05) is 59.4 Å². The Morgan fingerprint density at radius 1 is 1.23 bits per heavy atom. The molecule has 10 nitrogen and oxygen atoms in total. The lowest BCUT2D eigenvalue weighted by Gasteiger charge is -2.41. The Labute approximate surface area is 232 Å². The Hall–Kier alpha value is -3.40. The number of hydrogen-bond donors (Lipinski definition) is 0. The van der Waals surface area contributed by atoms with Gasteiger partial charge in [0.2, 0.25) is 0 Å². The monoisotopic (exact) mass is 554 g/mol. The quantitative estimate of drug-likeness (QED) is 0.431. The molecule has 0 saturated carbocycles. The number of hydrogen-bond acceptors (Lipinski definition) is 8. The summed E-state index contributed by atoms with van der Waals surface area (Å²) in [4.78, 5) is 44.3. The van der Waals surface area contributed by atoms with Crippen molar-refractivity contribution in [2.75, 3.05) is 31.1 Å². The fourth-order valence-electron chi connectivity index (χ4n) is 5.30. The van der Waals surface area contributed by atoms with Crippen LogP contribution in [0.3, 0.4) is 0 Å². The van der Waals surface area contributed by atoms with Crippen LogP contribution in [0.25, 0.3) is 16.7 Å². The van der Waals surface area contributed by atoms with Crippen LogP contribution in [0.1, 0.15) is 64.3 Å². The second kappa shape index (κ2) is 9.97. The Morgan fingerprint density at radius 2 is 1.97 bits per heavy atom. The molecule has 2 aliphatic rings. The van der Waals surface area contributed by atoms with Gasteiger partial charge in [-0.25, -0.2) is 19.1 Å². The second-order valence-electron chi connectivity index (χ2n) is 11.5. The molecule has 39 heavy (non-hydrogen) atoms. The van der Waals surface area contributed by atoms with Crippen molar-refractivity contribution in [1.29, 1.82) is 0 Å². The zero-order valence-electron chi connectivity index (χ0n) is 23.5. The number of carbonyl (C=O) groups is 1. The normalized spacial score (nSPS) is 17.5. The summed E-state index contributed by atoms with van der Waals surface area (Å²) in [6.45, 7) is 15.3. The number of fused-ring (bicyclic) bond motifs is 3. The SMILES string of the molecule is Cc1ccnc(C(C)C)c1-n1c(=O)nc(N2CCN(C(=O)OC(C)(C)C)C[C@@H]2C)c2c3c(c(Cl)nc21)CCO3. The van der Waals surface area contributed by atoms with Gasteiger partial charge in [0.05, 0.1) is 18.0 Å². The first kappa shape index (κ1) is 27.2. The van der Waals surface area contributed by atoms with E-state index in [9.17, 15) is 9.59 Å². The van der Waals surface area contributed by atoms with Crippen molar-refractivity contribution in [3.8, 4) is 11.4 Å². The third-order valence-corrected chi connectivity index (χ3v) is 7.39. The number of piperazine rings is 1. The van der Waals surface area contributed by atoms with Gasteiger partial charge in [-0.1, -0.05) is 25.4 Å². The van der Waals surface area contributed by atoms with E-state index in [0.29, 0.717) is 66.1 Å². The van der Waals surface area contributed by atoms with Crippen molar-refractivity contribution >= 4 is 34.5 Å². The molecule has 2 aliphatic heterocycles. The van der Waals surface area contributed by atoms with E-state index in [1.54, 1.807) is 11.1 Å². The topological polar surface area (TPSA) is 103 Å². The first-order valence-corrected chi connectivity index (χ1v) is 13.7. The number of pyridine rings is 2. The van der Waals surface area contributed by atoms with E-state index in [-0.39, 0.29) is 18.1 Å². The predicted octanol–water partition coefficient (Wildman–Crippen LogP) is 4.64.